The number of anilines is 1. The number of nitrogens with two attached hydrogens (primary N) is 1. The van der Waals surface area contributed by atoms with Crippen molar-refractivity contribution in [3.63, 3.8) is 0 Å². The first-order valence-electron chi connectivity index (χ1n) is 5.73. The molecule has 0 aliphatic carbocycles. The molecule has 1 aromatic heterocycles. The number of aromatic nitrogens is 2. The van der Waals surface area contributed by atoms with Gasteiger partial charge in [0.2, 0.25) is 10.0 Å². The molecule has 0 saturated carbocycles. The van der Waals surface area contributed by atoms with Crippen LogP contribution in [0.5, 0.6) is 0 Å². The van der Waals surface area contributed by atoms with E-state index in [2.05, 4.69) is 31.2 Å². The van der Waals surface area contributed by atoms with Gasteiger partial charge in [0.05, 0.1) is 22.8 Å². The molecule has 0 spiro atoms. The lowest BCUT2D eigenvalue weighted by Crippen LogP contribution is -2.13. The Labute approximate surface area is 125 Å². The zero-order chi connectivity index (χ0) is 14.8. The summed E-state index contributed by atoms with van der Waals surface area (Å²) in [6.07, 6.45) is 4.89. The van der Waals surface area contributed by atoms with E-state index in [9.17, 15) is 8.42 Å². The highest BCUT2D eigenvalue weighted by atomic mass is 79.9. The van der Waals surface area contributed by atoms with Crippen LogP contribution in [0.25, 0.3) is 0 Å². The van der Waals surface area contributed by atoms with E-state index in [1.54, 1.807) is 24.7 Å². The minimum Gasteiger partial charge on any atom is -0.376 e. The fourth-order valence-corrected chi connectivity index (χ4v) is 2.82. The number of benzene rings is 1. The molecule has 0 aliphatic heterocycles. The van der Waals surface area contributed by atoms with E-state index in [0.29, 0.717) is 4.47 Å². The second-order valence-electron chi connectivity index (χ2n) is 4.18. The highest BCUT2D eigenvalue weighted by Gasteiger charge is 2.12. The summed E-state index contributed by atoms with van der Waals surface area (Å²) in [6, 6.07) is 4.49. The summed E-state index contributed by atoms with van der Waals surface area (Å²) in [4.78, 5) is 8.27. The van der Waals surface area contributed by atoms with Gasteiger partial charge in [-0.1, -0.05) is 0 Å². The Morgan fingerprint density at radius 3 is 2.65 bits per heavy atom. The molecule has 0 aliphatic rings. The molecule has 1 aromatic carbocycles. The van der Waals surface area contributed by atoms with Gasteiger partial charge in [0.25, 0.3) is 0 Å². The lowest BCUT2D eigenvalue weighted by atomic mass is 10.2. The van der Waals surface area contributed by atoms with Crippen molar-refractivity contribution in [3.05, 3.63) is 47.0 Å². The minimum atomic E-state index is -3.70. The Bertz CT molecular complexity index is 707. The average Bonchev–Trinajstić information content (AvgIpc) is 2.41. The molecule has 6 nitrogen and oxygen atoms in total. The van der Waals surface area contributed by atoms with Gasteiger partial charge in [-0.3, -0.25) is 9.97 Å². The maximum absolute atomic E-state index is 11.3. The van der Waals surface area contributed by atoms with Gasteiger partial charge in [-0.15, -0.1) is 0 Å². The van der Waals surface area contributed by atoms with Gasteiger partial charge in [0.1, 0.15) is 0 Å². The first-order chi connectivity index (χ1) is 9.38. The predicted octanol–water partition coefficient (Wildman–Crippen LogP) is 2.06. The summed E-state index contributed by atoms with van der Waals surface area (Å²) in [5.41, 5.74) is 1.53. The van der Waals surface area contributed by atoms with E-state index >= 15 is 0 Å². The molecule has 0 saturated heterocycles. The van der Waals surface area contributed by atoms with Gasteiger partial charge >= 0.3 is 0 Å². The molecular weight excluding hydrogens is 344 g/mol. The number of sulfonamides is 1. The normalized spacial score (nSPS) is 12.9. The molecule has 3 N–H and O–H groups in total. The Hall–Kier alpha value is -1.51. The molecule has 2 aromatic rings. The number of hydrogen-bond donors (Lipinski definition) is 2. The second kappa shape index (κ2) is 5.86. The molecule has 1 heterocycles. The van der Waals surface area contributed by atoms with Crippen molar-refractivity contribution in [2.45, 2.75) is 17.9 Å². The lowest BCUT2D eigenvalue weighted by Gasteiger charge is -2.16. The van der Waals surface area contributed by atoms with Crippen LogP contribution in [0.2, 0.25) is 0 Å². The van der Waals surface area contributed by atoms with Crippen LogP contribution in [0.15, 0.2) is 46.2 Å². The Morgan fingerprint density at radius 1 is 1.35 bits per heavy atom. The summed E-state index contributed by atoms with van der Waals surface area (Å²) >= 11 is 3.32. The number of rotatable bonds is 4. The van der Waals surface area contributed by atoms with E-state index in [0.717, 1.165) is 11.4 Å². The fourth-order valence-electron chi connectivity index (χ4n) is 1.63. The maximum atomic E-state index is 11.3. The number of nitrogens with one attached hydrogen (secondary N) is 1. The van der Waals surface area contributed by atoms with E-state index in [1.807, 2.05) is 6.92 Å². The predicted molar refractivity (Wildman–Crippen MR) is 79.6 cm³/mol. The molecule has 1 unspecified atom stereocenters. The Kier molecular flexibility index (Phi) is 4.36. The van der Waals surface area contributed by atoms with Crippen molar-refractivity contribution in [1.29, 1.82) is 0 Å². The van der Waals surface area contributed by atoms with Crippen LogP contribution in [0.4, 0.5) is 5.69 Å². The first-order valence-corrected chi connectivity index (χ1v) is 8.06. The highest BCUT2D eigenvalue weighted by molar-refractivity contribution is 9.10. The summed E-state index contributed by atoms with van der Waals surface area (Å²) < 4.78 is 23.1. The fraction of sp³-hybridized carbons (Fsp3) is 0.167. The average molecular weight is 357 g/mol. The zero-order valence-corrected chi connectivity index (χ0v) is 13.0. The highest BCUT2D eigenvalue weighted by Crippen LogP contribution is 2.28. The van der Waals surface area contributed by atoms with Gasteiger partial charge in [-0.2, -0.15) is 0 Å². The molecule has 0 bridgehead atoms. The van der Waals surface area contributed by atoms with Crippen LogP contribution in [-0.2, 0) is 10.0 Å². The topological polar surface area (TPSA) is 98.0 Å². The summed E-state index contributed by atoms with van der Waals surface area (Å²) in [5, 5.41) is 8.30. The molecule has 20 heavy (non-hydrogen) atoms. The number of hydrogen-bond acceptors (Lipinski definition) is 5. The van der Waals surface area contributed by atoms with Crippen LogP contribution >= 0.6 is 15.9 Å². The summed E-state index contributed by atoms with van der Waals surface area (Å²) in [7, 11) is -3.70. The monoisotopic (exact) mass is 356 g/mol. The molecular formula is C12H13BrN4O2S. The Morgan fingerprint density at radius 2 is 2.10 bits per heavy atom. The van der Waals surface area contributed by atoms with Gasteiger partial charge in [-0.25, -0.2) is 13.6 Å². The maximum Gasteiger partial charge on any atom is 0.238 e. The quantitative estimate of drug-likeness (QED) is 0.873. The largest absolute Gasteiger partial charge is 0.376 e. The lowest BCUT2D eigenvalue weighted by molar-refractivity contribution is 0.598. The number of halogens is 1. The molecule has 106 valence electrons. The minimum absolute atomic E-state index is 0.0575. The first kappa shape index (κ1) is 14.9. The molecule has 1 atom stereocenters. The molecule has 8 heteroatoms. The number of primary sulfonamides is 1. The van der Waals surface area contributed by atoms with Gasteiger partial charge in [0, 0.05) is 22.6 Å². The van der Waals surface area contributed by atoms with Crippen LogP contribution in [0, 0.1) is 0 Å². The van der Waals surface area contributed by atoms with Gasteiger partial charge in [0.15, 0.2) is 0 Å². The van der Waals surface area contributed by atoms with Crippen molar-refractivity contribution in [3.8, 4) is 0 Å². The van der Waals surface area contributed by atoms with Crippen molar-refractivity contribution >= 4 is 31.6 Å². The third kappa shape index (κ3) is 3.53. The molecule has 0 fully saturated rings. The zero-order valence-electron chi connectivity index (χ0n) is 10.6. The summed E-state index contributed by atoms with van der Waals surface area (Å²) in [6.45, 7) is 1.93. The van der Waals surface area contributed by atoms with Gasteiger partial charge in [-0.05, 0) is 41.1 Å². The van der Waals surface area contributed by atoms with Crippen molar-refractivity contribution in [2.24, 2.45) is 5.14 Å². The van der Waals surface area contributed by atoms with Crippen molar-refractivity contribution < 1.29 is 8.42 Å². The SMILES string of the molecule is CC(Nc1ccc(S(N)(=O)=O)cc1Br)c1cnccn1. The van der Waals surface area contributed by atoms with Crippen LogP contribution in [0.3, 0.4) is 0 Å². The Balaban J connectivity index is 2.23. The molecule has 0 amide bonds. The number of nitrogens with zero attached hydrogens (tertiary/aromatic N) is 2. The van der Waals surface area contributed by atoms with E-state index < -0.39 is 10.0 Å². The van der Waals surface area contributed by atoms with Crippen LogP contribution in [0.1, 0.15) is 18.7 Å². The van der Waals surface area contributed by atoms with Crippen molar-refractivity contribution in [1.82, 2.24) is 9.97 Å². The third-order valence-electron chi connectivity index (χ3n) is 2.67. The van der Waals surface area contributed by atoms with E-state index in [-0.39, 0.29) is 10.9 Å². The second-order valence-corrected chi connectivity index (χ2v) is 6.60. The van der Waals surface area contributed by atoms with E-state index in [1.165, 1.54) is 12.1 Å². The van der Waals surface area contributed by atoms with Crippen LogP contribution < -0.4 is 10.5 Å². The van der Waals surface area contributed by atoms with E-state index in [4.69, 9.17) is 5.14 Å². The third-order valence-corrected chi connectivity index (χ3v) is 4.23. The summed E-state index contributed by atoms with van der Waals surface area (Å²) in [5.74, 6) is 0. The van der Waals surface area contributed by atoms with Gasteiger partial charge < -0.3 is 5.32 Å². The molecule has 0 radical (unpaired) electrons. The smallest absolute Gasteiger partial charge is 0.238 e. The standard InChI is InChI=1S/C12H13BrN4O2S/c1-8(12-7-15-4-5-16-12)17-11-3-2-9(6-10(11)13)20(14,18)19/h2-8,17H,1H3,(H2,14,18,19). The molecule has 2 rings (SSSR count). The van der Waals surface area contributed by atoms with Crippen LogP contribution in [-0.4, -0.2) is 18.4 Å². The van der Waals surface area contributed by atoms with Crippen molar-refractivity contribution in [2.75, 3.05) is 5.32 Å².